The highest BCUT2D eigenvalue weighted by Crippen LogP contribution is 2.29. The first-order valence-electron chi connectivity index (χ1n) is 8.34. The summed E-state index contributed by atoms with van der Waals surface area (Å²) in [7, 11) is 1.72. The predicted octanol–water partition coefficient (Wildman–Crippen LogP) is 2.09. The average Bonchev–Trinajstić information content (AvgIpc) is 2.96. The minimum Gasteiger partial charge on any atom is -0.496 e. The maximum Gasteiger partial charge on any atom is 0.158 e. The number of methoxy groups -OCH3 is 1. The Balaban J connectivity index is 1.81. The molecule has 0 amide bonds. The van der Waals surface area contributed by atoms with Gasteiger partial charge in [-0.25, -0.2) is 0 Å². The lowest BCUT2D eigenvalue weighted by Crippen LogP contribution is -2.34. The van der Waals surface area contributed by atoms with E-state index in [2.05, 4.69) is 54.1 Å². The molecule has 0 fully saturated rings. The van der Waals surface area contributed by atoms with Gasteiger partial charge in [-0.1, -0.05) is 32.9 Å². The van der Waals surface area contributed by atoms with E-state index in [1.54, 1.807) is 7.11 Å². The zero-order valence-corrected chi connectivity index (χ0v) is 14.9. The molecule has 24 heavy (non-hydrogen) atoms. The second-order valence-corrected chi connectivity index (χ2v) is 7.33. The standard InChI is InChI=1S/C18H26N4O2/c1-18(2,3)14-5-6-15(24-4)13(9-14)10-21-7-8-22-16(11-21)19-20-17(22)12-23/h5-6,9,23H,7-8,10-12H2,1-4H3. The molecule has 0 bridgehead atoms. The molecule has 0 unspecified atom stereocenters. The van der Waals surface area contributed by atoms with Gasteiger partial charge >= 0.3 is 0 Å². The lowest BCUT2D eigenvalue weighted by molar-refractivity contribution is 0.197. The highest BCUT2D eigenvalue weighted by Gasteiger charge is 2.22. The summed E-state index contributed by atoms with van der Waals surface area (Å²) in [6, 6.07) is 6.45. The second kappa shape index (κ2) is 6.53. The van der Waals surface area contributed by atoms with Gasteiger partial charge in [0.05, 0.1) is 13.7 Å². The Labute approximate surface area is 143 Å². The van der Waals surface area contributed by atoms with E-state index in [0.717, 1.165) is 37.8 Å². The van der Waals surface area contributed by atoms with Gasteiger partial charge in [0.15, 0.2) is 5.82 Å². The minimum absolute atomic E-state index is 0.0611. The molecule has 3 rings (SSSR count). The fourth-order valence-electron chi connectivity index (χ4n) is 3.13. The second-order valence-electron chi connectivity index (χ2n) is 7.33. The first kappa shape index (κ1) is 16.9. The summed E-state index contributed by atoms with van der Waals surface area (Å²) in [5.41, 5.74) is 2.61. The van der Waals surface area contributed by atoms with Crippen LogP contribution >= 0.6 is 0 Å². The molecule has 1 N–H and O–H groups in total. The van der Waals surface area contributed by atoms with Crippen LogP contribution in [-0.4, -0.2) is 38.4 Å². The van der Waals surface area contributed by atoms with Crippen LogP contribution in [0.25, 0.3) is 0 Å². The smallest absolute Gasteiger partial charge is 0.158 e. The molecule has 1 aliphatic heterocycles. The summed E-state index contributed by atoms with van der Waals surface area (Å²) in [6.07, 6.45) is 0. The number of fused-ring (bicyclic) bond motifs is 1. The van der Waals surface area contributed by atoms with Gasteiger partial charge in [0, 0.05) is 25.2 Å². The number of benzene rings is 1. The van der Waals surface area contributed by atoms with Crippen molar-refractivity contribution >= 4 is 0 Å². The maximum atomic E-state index is 9.31. The molecule has 2 aromatic rings. The number of aromatic nitrogens is 3. The summed E-state index contributed by atoms with van der Waals surface area (Å²) in [5.74, 6) is 2.49. The third kappa shape index (κ3) is 3.30. The Hall–Kier alpha value is -1.92. The van der Waals surface area contributed by atoms with Gasteiger partial charge in [-0.15, -0.1) is 10.2 Å². The predicted molar refractivity (Wildman–Crippen MR) is 91.8 cm³/mol. The molecule has 0 atom stereocenters. The van der Waals surface area contributed by atoms with Crippen molar-refractivity contribution in [3.8, 4) is 5.75 Å². The molecule has 0 saturated heterocycles. The number of rotatable bonds is 4. The van der Waals surface area contributed by atoms with Gasteiger partial charge < -0.3 is 14.4 Å². The zero-order chi connectivity index (χ0) is 17.3. The first-order valence-corrected chi connectivity index (χ1v) is 8.34. The summed E-state index contributed by atoms with van der Waals surface area (Å²) in [6.45, 7) is 9.86. The lowest BCUT2D eigenvalue weighted by Gasteiger charge is -2.29. The van der Waals surface area contributed by atoms with Crippen molar-refractivity contribution in [2.45, 2.75) is 52.4 Å². The Morgan fingerprint density at radius 3 is 2.67 bits per heavy atom. The third-order valence-electron chi connectivity index (χ3n) is 4.59. The molecule has 0 aliphatic carbocycles. The third-order valence-corrected chi connectivity index (χ3v) is 4.59. The largest absolute Gasteiger partial charge is 0.496 e. The van der Waals surface area contributed by atoms with Crippen molar-refractivity contribution < 1.29 is 9.84 Å². The molecule has 0 radical (unpaired) electrons. The van der Waals surface area contributed by atoms with E-state index in [9.17, 15) is 5.11 Å². The molecular formula is C18H26N4O2. The van der Waals surface area contributed by atoms with Crippen LogP contribution in [-0.2, 0) is 31.7 Å². The molecule has 1 aliphatic rings. The van der Waals surface area contributed by atoms with Crippen molar-refractivity contribution in [3.63, 3.8) is 0 Å². The van der Waals surface area contributed by atoms with Crippen molar-refractivity contribution in [2.24, 2.45) is 0 Å². The van der Waals surface area contributed by atoms with Crippen LogP contribution in [0.2, 0.25) is 0 Å². The van der Waals surface area contributed by atoms with Gasteiger partial charge in [-0.3, -0.25) is 4.90 Å². The van der Waals surface area contributed by atoms with Crippen LogP contribution in [0, 0.1) is 0 Å². The van der Waals surface area contributed by atoms with Crippen LogP contribution in [0.5, 0.6) is 5.75 Å². The number of ether oxygens (including phenoxy) is 1. The molecule has 1 aromatic carbocycles. The zero-order valence-electron chi connectivity index (χ0n) is 14.9. The fourth-order valence-corrected chi connectivity index (χ4v) is 3.13. The molecule has 1 aromatic heterocycles. The number of aliphatic hydroxyl groups excluding tert-OH is 1. The van der Waals surface area contributed by atoms with E-state index in [1.165, 1.54) is 11.1 Å². The van der Waals surface area contributed by atoms with Crippen LogP contribution in [0.1, 0.15) is 43.5 Å². The van der Waals surface area contributed by atoms with Gasteiger partial charge in [-0.05, 0) is 17.0 Å². The molecule has 0 saturated carbocycles. The van der Waals surface area contributed by atoms with Crippen molar-refractivity contribution in [3.05, 3.63) is 41.0 Å². The van der Waals surface area contributed by atoms with Crippen molar-refractivity contribution in [1.82, 2.24) is 19.7 Å². The van der Waals surface area contributed by atoms with Crippen LogP contribution in [0.15, 0.2) is 18.2 Å². The van der Waals surface area contributed by atoms with E-state index < -0.39 is 0 Å². The number of hydrogen-bond donors (Lipinski definition) is 1. The van der Waals surface area contributed by atoms with Gasteiger partial charge in [0.1, 0.15) is 18.2 Å². The van der Waals surface area contributed by atoms with Gasteiger partial charge in [-0.2, -0.15) is 0 Å². The number of hydrogen-bond acceptors (Lipinski definition) is 5. The Morgan fingerprint density at radius 2 is 2.00 bits per heavy atom. The number of nitrogens with zero attached hydrogens (tertiary/aromatic N) is 4. The topological polar surface area (TPSA) is 63.4 Å². The molecular weight excluding hydrogens is 304 g/mol. The monoisotopic (exact) mass is 330 g/mol. The van der Waals surface area contributed by atoms with E-state index in [0.29, 0.717) is 5.82 Å². The molecule has 130 valence electrons. The summed E-state index contributed by atoms with van der Waals surface area (Å²) >= 11 is 0. The highest BCUT2D eigenvalue weighted by molar-refractivity contribution is 5.39. The molecule has 0 spiro atoms. The quantitative estimate of drug-likeness (QED) is 0.930. The van der Waals surface area contributed by atoms with Gasteiger partial charge in [0.2, 0.25) is 0 Å². The van der Waals surface area contributed by atoms with Crippen LogP contribution < -0.4 is 4.74 Å². The molecule has 2 heterocycles. The van der Waals surface area contributed by atoms with E-state index in [-0.39, 0.29) is 12.0 Å². The average molecular weight is 330 g/mol. The van der Waals surface area contributed by atoms with Crippen LogP contribution in [0.3, 0.4) is 0 Å². The summed E-state index contributed by atoms with van der Waals surface area (Å²) < 4.78 is 7.57. The van der Waals surface area contributed by atoms with E-state index >= 15 is 0 Å². The first-order chi connectivity index (χ1) is 11.4. The fraction of sp³-hybridized carbons (Fsp3) is 0.556. The van der Waals surface area contributed by atoms with E-state index in [4.69, 9.17) is 4.74 Å². The van der Waals surface area contributed by atoms with Crippen molar-refractivity contribution in [1.29, 1.82) is 0 Å². The Bertz CT molecular complexity index is 718. The highest BCUT2D eigenvalue weighted by atomic mass is 16.5. The number of aliphatic hydroxyl groups is 1. The van der Waals surface area contributed by atoms with Crippen LogP contribution in [0.4, 0.5) is 0 Å². The molecule has 6 nitrogen and oxygen atoms in total. The summed E-state index contributed by atoms with van der Waals surface area (Å²) in [5, 5.41) is 17.6. The van der Waals surface area contributed by atoms with Crippen molar-refractivity contribution in [2.75, 3.05) is 13.7 Å². The summed E-state index contributed by atoms with van der Waals surface area (Å²) in [4.78, 5) is 2.34. The lowest BCUT2D eigenvalue weighted by atomic mass is 9.86. The molecule has 6 heteroatoms. The SMILES string of the molecule is COc1ccc(C(C)(C)C)cc1CN1CCn2c(CO)nnc2C1. The Kier molecular flexibility index (Phi) is 4.60. The minimum atomic E-state index is -0.0611. The maximum absolute atomic E-state index is 9.31. The van der Waals surface area contributed by atoms with E-state index in [1.807, 2.05) is 4.57 Å². The van der Waals surface area contributed by atoms with Gasteiger partial charge in [0.25, 0.3) is 0 Å². The Morgan fingerprint density at radius 1 is 1.21 bits per heavy atom. The normalized spacial score (nSPS) is 15.4.